The van der Waals surface area contributed by atoms with Crippen LogP contribution in [0.25, 0.3) is 0 Å². The van der Waals surface area contributed by atoms with Crippen molar-refractivity contribution in [2.75, 3.05) is 77.1 Å². The van der Waals surface area contributed by atoms with Crippen molar-refractivity contribution in [1.29, 1.82) is 0 Å². The van der Waals surface area contributed by atoms with Gasteiger partial charge in [-0.25, -0.2) is 9.78 Å². The highest BCUT2D eigenvalue weighted by molar-refractivity contribution is 5.92. The first-order valence-corrected chi connectivity index (χ1v) is 9.88. The van der Waals surface area contributed by atoms with E-state index in [0.717, 1.165) is 38.5 Å². The molecule has 1 aromatic heterocycles. The Labute approximate surface area is 165 Å². The molecule has 3 heterocycles. The number of nitrogens with one attached hydrogen (secondary N) is 1. The first kappa shape index (κ1) is 20.3. The summed E-state index contributed by atoms with van der Waals surface area (Å²) in [6.45, 7) is 9.59. The summed E-state index contributed by atoms with van der Waals surface area (Å²) in [5.74, 6) is -0.160. The van der Waals surface area contributed by atoms with Crippen LogP contribution < -0.4 is 10.2 Å². The first-order valence-electron chi connectivity index (χ1n) is 9.88. The van der Waals surface area contributed by atoms with E-state index >= 15 is 0 Å². The molecular weight excluding hydrogens is 362 g/mol. The summed E-state index contributed by atoms with van der Waals surface area (Å²) < 4.78 is 10.4. The molecule has 0 radical (unpaired) electrons. The van der Waals surface area contributed by atoms with Gasteiger partial charge >= 0.3 is 6.09 Å². The van der Waals surface area contributed by atoms with Crippen molar-refractivity contribution >= 4 is 17.7 Å². The molecule has 0 spiro atoms. The number of nitrogens with zero attached hydrogens (tertiary/aromatic N) is 4. The van der Waals surface area contributed by atoms with Gasteiger partial charge < -0.3 is 24.6 Å². The lowest BCUT2D eigenvalue weighted by atomic mass is 10.2. The quantitative estimate of drug-likeness (QED) is 0.752. The number of carbonyl (C=O) groups excluding carboxylic acids is 2. The van der Waals surface area contributed by atoms with Crippen molar-refractivity contribution in [2.45, 2.75) is 6.92 Å². The molecule has 1 N–H and O–H groups in total. The van der Waals surface area contributed by atoms with Crippen LogP contribution in [-0.4, -0.2) is 99.0 Å². The molecule has 2 fully saturated rings. The molecule has 9 heteroatoms. The predicted octanol–water partition coefficient (Wildman–Crippen LogP) is 0.422. The number of anilines is 1. The lowest BCUT2D eigenvalue weighted by Crippen LogP contribution is -2.49. The van der Waals surface area contributed by atoms with Crippen molar-refractivity contribution in [3.8, 4) is 0 Å². The molecule has 28 heavy (non-hydrogen) atoms. The van der Waals surface area contributed by atoms with Crippen molar-refractivity contribution in [2.24, 2.45) is 0 Å². The van der Waals surface area contributed by atoms with E-state index in [9.17, 15) is 9.59 Å². The molecule has 0 unspecified atom stereocenters. The molecule has 0 aromatic carbocycles. The molecule has 2 aliphatic heterocycles. The molecule has 0 aliphatic carbocycles. The number of amides is 2. The van der Waals surface area contributed by atoms with Crippen LogP contribution in [0.2, 0.25) is 0 Å². The van der Waals surface area contributed by atoms with Gasteiger partial charge in [0.05, 0.1) is 31.7 Å². The fraction of sp³-hybridized carbons (Fsp3) is 0.632. The molecular formula is C19H29N5O4. The highest BCUT2D eigenvalue weighted by Gasteiger charge is 2.22. The van der Waals surface area contributed by atoms with Crippen LogP contribution in [0.15, 0.2) is 18.3 Å². The number of aromatic nitrogens is 1. The van der Waals surface area contributed by atoms with Gasteiger partial charge in [-0.2, -0.15) is 0 Å². The molecule has 2 aliphatic rings. The smallest absolute Gasteiger partial charge is 0.409 e. The van der Waals surface area contributed by atoms with E-state index in [0.29, 0.717) is 45.0 Å². The Balaban J connectivity index is 1.43. The minimum absolute atomic E-state index is 0.160. The molecule has 2 amide bonds. The summed E-state index contributed by atoms with van der Waals surface area (Å²) in [5.41, 5.74) is 1.37. The lowest BCUT2D eigenvalue weighted by molar-refractivity contribution is 0.0383. The third kappa shape index (κ3) is 5.56. The zero-order valence-corrected chi connectivity index (χ0v) is 16.4. The molecule has 0 bridgehead atoms. The second kappa shape index (κ2) is 10.2. The van der Waals surface area contributed by atoms with Gasteiger partial charge in [0.1, 0.15) is 5.69 Å². The number of hydrogen-bond acceptors (Lipinski definition) is 7. The highest BCUT2D eigenvalue weighted by Crippen LogP contribution is 2.16. The van der Waals surface area contributed by atoms with Gasteiger partial charge in [0.15, 0.2) is 0 Å². The summed E-state index contributed by atoms with van der Waals surface area (Å²) in [6.07, 6.45) is 1.46. The van der Waals surface area contributed by atoms with Crippen LogP contribution >= 0.6 is 0 Å². The highest BCUT2D eigenvalue weighted by atomic mass is 16.6. The van der Waals surface area contributed by atoms with E-state index in [4.69, 9.17) is 9.47 Å². The molecule has 2 saturated heterocycles. The summed E-state index contributed by atoms with van der Waals surface area (Å²) in [4.78, 5) is 34.5. The Morgan fingerprint density at radius 2 is 1.89 bits per heavy atom. The van der Waals surface area contributed by atoms with E-state index < -0.39 is 0 Å². The number of morpholine rings is 1. The zero-order valence-electron chi connectivity index (χ0n) is 16.4. The van der Waals surface area contributed by atoms with E-state index in [1.165, 1.54) is 0 Å². The fourth-order valence-corrected chi connectivity index (χ4v) is 3.31. The van der Waals surface area contributed by atoms with E-state index in [-0.39, 0.29) is 12.0 Å². The summed E-state index contributed by atoms with van der Waals surface area (Å²) in [6, 6.07) is 3.65. The van der Waals surface area contributed by atoms with E-state index in [1.54, 1.807) is 24.1 Å². The van der Waals surface area contributed by atoms with Crippen molar-refractivity contribution in [3.63, 3.8) is 0 Å². The predicted molar refractivity (Wildman–Crippen MR) is 105 cm³/mol. The van der Waals surface area contributed by atoms with Crippen LogP contribution in [0.3, 0.4) is 0 Å². The third-order valence-electron chi connectivity index (χ3n) is 4.97. The summed E-state index contributed by atoms with van der Waals surface area (Å²) in [7, 11) is 0. The molecule has 0 atom stereocenters. The van der Waals surface area contributed by atoms with E-state index in [1.807, 2.05) is 6.07 Å². The lowest BCUT2D eigenvalue weighted by Gasteiger charge is -2.35. The number of ether oxygens (including phenoxy) is 2. The fourth-order valence-electron chi connectivity index (χ4n) is 3.31. The van der Waals surface area contributed by atoms with Gasteiger partial charge in [-0.15, -0.1) is 0 Å². The maximum atomic E-state index is 12.3. The number of pyridine rings is 1. The number of piperazine rings is 1. The second-order valence-electron chi connectivity index (χ2n) is 6.78. The van der Waals surface area contributed by atoms with Gasteiger partial charge in [-0.1, -0.05) is 0 Å². The normalized spacial score (nSPS) is 18.0. The molecule has 9 nitrogen and oxygen atoms in total. The average Bonchev–Trinajstić information content (AvgIpc) is 2.75. The number of hydrogen-bond donors (Lipinski definition) is 1. The topological polar surface area (TPSA) is 87.2 Å². The van der Waals surface area contributed by atoms with Crippen LogP contribution in [0.5, 0.6) is 0 Å². The van der Waals surface area contributed by atoms with Crippen LogP contribution in [0.1, 0.15) is 17.4 Å². The van der Waals surface area contributed by atoms with E-state index in [2.05, 4.69) is 20.1 Å². The summed E-state index contributed by atoms with van der Waals surface area (Å²) >= 11 is 0. The first-order chi connectivity index (χ1) is 13.7. The van der Waals surface area contributed by atoms with Gasteiger partial charge in [-0.3, -0.25) is 9.69 Å². The molecule has 0 saturated carbocycles. The third-order valence-corrected chi connectivity index (χ3v) is 4.97. The van der Waals surface area contributed by atoms with Crippen LogP contribution in [0.4, 0.5) is 10.5 Å². The van der Waals surface area contributed by atoms with Gasteiger partial charge in [-0.05, 0) is 19.1 Å². The van der Waals surface area contributed by atoms with Gasteiger partial charge in [0.25, 0.3) is 5.91 Å². The average molecular weight is 391 g/mol. The standard InChI is InChI=1S/C19H29N5O4/c1-2-28-19(26)24-9-7-23(8-10-24)16-3-4-17(21-15-16)18(25)20-5-6-22-11-13-27-14-12-22/h3-4,15H,2,5-14H2,1H3,(H,20,25). The van der Waals surface area contributed by atoms with Crippen molar-refractivity contribution < 1.29 is 19.1 Å². The van der Waals surface area contributed by atoms with Crippen LogP contribution in [-0.2, 0) is 9.47 Å². The molecule has 154 valence electrons. The minimum Gasteiger partial charge on any atom is -0.450 e. The molecule has 1 aromatic rings. The maximum Gasteiger partial charge on any atom is 0.409 e. The molecule has 3 rings (SSSR count). The number of rotatable bonds is 6. The minimum atomic E-state index is -0.260. The Bertz CT molecular complexity index is 640. The second-order valence-corrected chi connectivity index (χ2v) is 6.78. The Kier molecular flexibility index (Phi) is 7.44. The SMILES string of the molecule is CCOC(=O)N1CCN(c2ccc(C(=O)NCCN3CCOCC3)nc2)CC1. The van der Waals surface area contributed by atoms with Crippen LogP contribution in [0, 0.1) is 0 Å². The monoisotopic (exact) mass is 391 g/mol. The Hall–Kier alpha value is -2.39. The Morgan fingerprint density at radius 1 is 1.14 bits per heavy atom. The zero-order chi connectivity index (χ0) is 19.8. The van der Waals surface area contributed by atoms with Crippen molar-refractivity contribution in [1.82, 2.24) is 20.1 Å². The van der Waals surface area contributed by atoms with Crippen molar-refractivity contribution in [3.05, 3.63) is 24.0 Å². The summed E-state index contributed by atoms with van der Waals surface area (Å²) in [5, 5.41) is 2.92. The maximum absolute atomic E-state index is 12.3. The van der Waals surface area contributed by atoms with Gasteiger partial charge in [0, 0.05) is 52.4 Å². The number of carbonyl (C=O) groups is 2. The largest absolute Gasteiger partial charge is 0.450 e. The Morgan fingerprint density at radius 3 is 2.54 bits per heavy atom. The van der Waals surface area contributed by atoms with Gasteiger partial charge in [0.2, 0.25) is 0 Å².